The second kappa shape index (κ2) is 7.68. The molecular weight excluding hydrogens is 268 g/mol. The predicted octanol–water partition coefficient (Wildman–Crippen LogP) is -0.0647. The zero-order valence-electron chi connectivity index (χ0n) is 11.0. The molecule has 0 amide bonds. The standard InChI is InChI=1S/C13H18O7/c1-2-19-10-5-3-4-8(12(18)9(15)6-14)13(10)20-7-11(16)17/h3-5,9,12,14-15,18H,2,6-7H2,1H3,(H,16,17). The quantitative estimate of drug-likeness (QED) is 0.528. The Morgan fingerprint density at radius 3 is 2.55 bits per heavy atom. The number of carbonyl (C=O) groups is 1. The molecule has 0 aromatic heterocycles. The third-order valence-corrected chi connectivity index (χ3v) is 2.52. The van der Waals surface area contributed by atoms with Crippen LogP contribution < -0.4 is 9.47 Å². The van der Waals surface area contributed by atoms with Crippen LogP contribution in [0.15, 0.2) is 18.2 Å². The lowest BCUT2D eigenvalue weighted by molar-refractivity contribution is -0.139. The van der Waals surface area contributed by atoms with Crippen molar-refractivity contribution in [2.24, 2.45) is 0 Å². The lowest BCUT2D eigenvalue weighted by Crippen LogP contribution is -2.23. The number of benzene rings is 1. The monoisotopic (exact) mass is 286 g/mol. The van der Waals surface area contributed by atoms with Gasteiger partial charge in [-0.2, -0.15) is 0 Å². The fraction of sp³-hybridized carbons (Fsp3) is 0.462. The van der Waals surface area contributed by atoms with E-state index in [1.54, 1.807) is 19.1 Å². The van der Waals surface area contributed by atoms with Gasteiger partial charge in [0.25, 0.3) is 0 Å². The van der Waals surface area contributed by atoms with Crippen molar-refractivity contribution in [1.82, 2.24) is 0 Å². The summed E-state index contributed by atoms with van der Waals surface area (Å²) in [7, 11) is 0. The first kappa shape index (κ1) is 16.2. The average molecular weight is 286 g/mol. The SMILES string of the molecule is CCOc1cccc(C(O)C(O)CO)c1OCC(=O)O. The van der Waals surface area contributed by atoms with Gasteiger partial charge in [0.05, 0.1) is 13.2 Å². The van der Waals surface area contributed by atoms with Gasteiger partial charge in [0.1, 0.15) is 12.2 Å². The van der Waals surface area contributed by atoms with E-state index >= 15 is 0 Å². The van der Waals surface area contributed by atoms with Crippen molar-refractivity contribution in [3.63, 3.8) is 0 Å². The van der Waals surface area contributed by atoms with Crippen LogP contribution in [0, 0.1) is 0 Å². The average Bonchev–Trinajstić information content (AvgIpc) is 2.44. The van der Waals surface area contributed by atoms with Crippen LogP contribution in [0.3, 0.4) is 0 Å². The summed E-state index contributed by atoms with van der Waals surface area (Å²) < 4.78 is 10.4. The topological polar surface area (TPSA) is 116 Å². The molecule has 7 heteroatoms. The smallest absolute Gasteiger partial charge is 0.341 e. The molecule has 0 bridgehead atoms. The number of rotatable bonds is 8. The Bertz CT molecular complexity index is 446. The van der Waals surface area contributed by atoms with Crippen LogP contribution in [-0.4, -0.2) is 52.3 Å². The molecule has 0 aliphatic rings. The van der Waals surface area contributed by atoms with E-state index in [0.29, 0.717) is 6.61 Å². The molecule has 20 heavy (non-hydrogen) atoms. The van der Waals surface area contributed by atoms with Gasteiger partial charge >= 0.3 is 5.97 Å². The fourth-order valence-corrected chi connectivity index (χ4v) is 1.63. The third kappa shape index (κ3) is 4.09. The summed E-state index contributed by atoms with van der Waals surface area (Å²) in [5.41, 5.74) is 0.152. The molecule has 0 spiro atoms. The Morgan fingerprint density at radius 1 is 1.30 bits per heavy atom. The number of aliphatic hydroxyl groups is 3. The van der Waals surface area contributed by atoms with Gasteiger partial charge in [-0.05, 0) is 13.0 Å². The molecule has 7 nitrogen and oxygen atoms in total. The second-order valence-electron chi connectivity index (χ2n) is 3.98. The number of aliphatic hydroxyl groups excluding tert-OH is 3. The number of para-hydroxylation sites is 1. The van der Waals surface area contributed by atoms with Gasteiger partial charge in [0, 0.05) is 5.56 Å². The highest BCUT2D eigenvalue weighted by atomic mass is 16.5. The van der Waals surface area contributed by atoms with Crippen LogP contribution in [0.25, 0.3) is 0 Å². The summed E-state index contributed by atoms with van der Waals surface area (Å²) in [6, 6.07) is 4.59. The highest BCUT2D eigenvalue weighted by Crippen LogP contribution is 2.36. The van der Waals surface area contributed by atoms with Crippen molar-refractivity contribution in [2.45, 2.75) is 19.1 Å². The van der Waals surface area contributed by atoms with Crippen molar-refractivity contribution < 1.29 is 34.7 Å². The van der Waals surface area contributed by atoms with Crippen molar-refractivity contribution >= 4 is 5.97 Å². The lowest BCUT2D eigenvalue weighted by Gasteiger charge is -2.21. The van der Waals surface area contributed by atoms with E-state index in [1.165, 1.54) is 6.07 Å². The maximum absolute atomic E-state index is 10.6. The molecule has 0 heterocycles. The van der Waals surface area contributed by atoms with Crippen LogP contribution in [0.1, 0.15) is 18.6 Å². The summed E-state index contributed by atoms with van der Waals surface area (Å²) in [6.45, 7) is 0.815. The zero-order valence-corrected chi connectivity index (χ0v) is 11.0. The van der Waals surface area contributed by atoms with Gasteiger partial charge in [-0.3, -0.25) is 0 Å². The first-order chi connectivity index (χ1) is 9.51. The molecule has 2 atom stereocenters. The Morgan fingerprint density at radius 2 is 2.00 bits per heavy atom. The maximum Gasteiger partial charge on any atom is 0.341 e. The van der Waals surface area contributed by atoms with E-state index in [2.05, 4.69) is 0 Å². The largest absolute Gasteiger partial charge is 0.490 e. The van der Waals surface area contributed by atoms with Gasteiger partial charge in [-0.25, -0.2) is 4.79 Å². The molecule has 2 unspecified atom stereocenters. The number of carboxylic acids is 1. The molecule has 0 saturated carbocycles. The minimum atomic E-state index is -1.41. The van der Waals surface area contributed by atoms with Crippen LogP contribution in [0.5, 0.6) is 11.5 Å². The van der Waals surface area contributed by atoms with E-state index in [9.17, 15) is 15.0 Å². The molecule has 0 aliphatic carbocycles. The third-order valence-electron chi connectivity index (χ3n) is 2.52. The van der Waals surface area contributed by atoms with Crippen molar-refractivity contribution in [1.29, 1.82) is 0 Å². The van der Waals surface area contributed by atoms with E-state index in [0.717, 1.165) is 0 Å². The second-order valence-corrected chi connectivity index (χ2v) is 3.98. The van der Waals surface area contributed by atoms with E-state index in [4.69, 9.17) is 19.7 Å². The number of ether oxygens (including phenoxy) is 2. The van der Waals surface area contributed by atoms with Gasteiger partial charge in [0.15, 0.2) is 18.1 Å². The maximum atomic E-state index is 10.6. The number of hydrogen-bond acceptors (Lipinski definition) is 6. The molecule has 0 radical (unpaired) electrons. The molecular formula is C13H18O7. The fourth-order valence-electron chi connectivity index (χ4n) is 1.63. The first-order valence-electron chi connectivity index (χ1n) is 6.08. The van der Waals surface area contributed by atoms with E-state index in [-0.39, 0.29) is 17.1 Å². The van der Waals surface area contributed by atoms with Crippen LogP contribution >= 0.6 is 0 Å². The van der Waals surface area contributed by atoms with Crippen LogP contribution in [0.4, 0.5) is 0 Å². The van der Waals surface area contributed by atoms with Crippen molar-refractivity contribution in [2.75, 3.05) is 19.8 Å². The first-order valence-corrected chi connectivity index (χ1v) is 6.08. The van der Waals surface area contributed by atoms with Crippen molar-refractivity contribution in [3.05, 3.63) is 23.8 Å². The van der Waals surface area contributed by atoms with Crippen molar-refractivity contribution in [3.8, 4) is 11.5 Å². The van der Waals surface area contributed by atoms with Crippen LogP contribution in [-0.2, 0) is 4.79 Å². The highest BCUT2D eigenvalue weighted by Gasteiger charge is 2.24. The summed E-state index contributed by atoms with van der Waals surface area (Å²) in [6.07, 6.45) is -2.82. The number of carboxylic acid groups (broad SMARTS) is 1. The molecule has 0 aliphatic heterocycles. The molecule has 0 fully saturated rings. The minimum absolute atomic E-state index is 0.0387. The lowest BCUT2D eigenvalue weighted by atomic mass is 10.0. The molecule has 1 rings (SSSR count). The minimum Gasteiger partial charge on any atom is -0.490 e. The normalized spacial score (nSPS) is 13.6. The Hall–Kier alpha value is -1.83. The predicted molar refractivity (Wildman–Crippen MR) is 68.8 cm³/mol. The van der Waals surface area contributed by atoms with Crippen LogP contribution in [0.2, 0.25) is 0 Å². The summed E-state index contributed by atoms with van der Waals surface area (Å²) in [5, 5.41) is 37.0. The van der Waals surface area contributed by atoms with Gasteiger partial charge in [-0.1, -0.05) is 12.1 Å². The summed E-state index contributed by atoms with van der Waals surface area (Å²) in [4.78, 5) is 10.6. The van der Waals surface area contributed by atoms with Gasteiger partial charge < -0.3 is 29.9 Å². The number of aliphatic carboxylic acids is 1. The summed E-state index contributed by atoms with van der Waals surface area (Å²) >= 11 is 0. The van der Waals surface area contributed by atoms with Gasteiger partial charge in [-0.15, -0.1) is 0 Å². The van der Waals surface area contributed by atoms with Gasteiger partial charge in [0.2, 0.25) is 0 Å². The van der Waals surface area contributed by atoms with E-state index < -0.39 is 31.4 Å². The molecule has 1 aromatic carbocycles. The Kier molecular flexibility index (Phi) is 6.23. The highest BCUT2D eigenvalue weighted by molar-refractivity contribution is 5.68. The summed E-state index contributed by atoms with van der Waals surface area (Å²) in [5.74, 6) is -0.883. The zero-order chi connectivity index (χ0) is 15.1. The Labute approximate surface area is 116 Å². The molecule has 0 saturated heterocycles. The molecule has 112 valence electrons. The molecule has 1 aromatic rings. The van der Waals surface area contributed by atoms with E-state index in [1.807, 2.05) is 0 Å². The molecule has 4 N–H and O–H groups in total. The number of hydrogen-bond donors (Lipinski definition) is 4. The Balaban J connectivity index is 3.13.